The van der Waals surface area contributed by atoms with Crippen LogP contribution in [0.4, 0.5) is 13.2 Å². The van der Waals surface area contributed by atoms with Gasteiger partial charge in [0.05, 0.1) is 17.8 Å². The van der Waals surface area contributed by atoms with Gasteiger partial charge in [-0.05, 0) is 71.7 Å². The van der Waals surface area contributed by atoms with Crippen molar-refractivity contribution in [3.63, 3.8) is 0 Å². The number of alkyl halides is 4. The van der Waals surface area contributed by atoms with Crippen LogP contribution in [0, 0.1) is 0 Å². The quantitative estimate of drug-likeness (QED) is 0.538. The van der Waals surface area contributed by atoms with Crippen LogP contribution in [0.25, 0.3) is 0 Å². The van der Waals surface area contributed by atoms with Crippen molar-refractivity contribution in [3.05, 3.63) is 59.7 Å². The zero-order chi connectivity index (χ0) is 19.0. The van der Waals surface area contributed by atoms with Gasteiger partial charge in [-0.2, -0.15) is 13.2 Å². The lowest BCUT2D eigenvalue weighted by atomic mass is 10.1. The van der Waals surface area contributed by atoms with Gasteiger partial charge in [0.2, 0.25) is 0 Å². The molecule has 0 amide bonds. The van der Waals surface area contributed by atoms with Crippen molar-refractivity contribution < 1.29 is 27.4 Å². The minimum absolute atomic E-state index is 0.119. The summed E-state index contributed by atoms with van der Waals surface area (Å²) in [5.74, 6) is 0.536. The standard InChI is InChI=1S/C19H18BrF3O3/c1-3-17(2)12-24-18(20,26-17)13-7-9-15(10-8-13)25-16-6-4-5-14(11-16)19(21,22)23/h4-11H,3,12H2,1-2H3. The molecule has 1 saturated heterocycles. The molecule has 0 N–H and O–H groups in total. The van der Waals surface area contributed by atoms with Gasteiger partial charge >= 0.3 is 6.18 Å². The van der Waals surface area contributed by atoms with Crippen molar-refractivity contribution >= 4 is 15.9 Å². The molecule has 0 aromatic heterocycles. The highest BCUT2D eigenvalue weighted by Crippen LogP contribution is 2.45. The smallest absolute Gasteiger partial charge is 0.416 e. The molecule has 0 saturated carbocycles. The van der Waals surface area contributed by atoms with Gasteiger partial charge in [-0.15, -0.1) is 0 Å². The van der Waals surface area contributed by atoms with Gasteiger partial charge in [-0.3, -0.25) is 0 Å². The first kappa shape index (κ1) is 19.2. The predicted molar refractivity (Wildman–Crippen MR) is 94.3 cm³/mol. The van der Waals surface area contributed by atoms with Crippen molar-refractivity contribution in [1.29, 1.82) is 0 Å². The maximum Gasteiger partial charge on any atom is 0.416 e. The van der Waals surface area contributed by atoms with Crippen LogP contribution < -0.4 is 4.74 Å². The Kier molecular flexibility index (Phi) is 5.07. The van der Waals surface area contributed by atoms with Crippen molar-refractivity contribution in [2.75, 3.05) is 6.61 Å². The lowest BCUT2D eigenvalue weighted by molar-refractivity contribution is -0.137. The Morgan fingerprint density at radius 3 is 2.38 bits per heavy atom. The Morgan fingerprint density at radius 1 is 1.12 bits per heavy atom. The summed E-state index contributed by atoms with van der Waals surface area (Å²) in [5, 5.41) is 0. The second-order valence-corrected chi connectivity index (χ2v) is 7.43. The Balaban J connectivity index is 1.75. The summed E-state index contributed by atoms with van der Waals surface area (Å²) in [4.78, 5) is 0. The van der Waals surface area contributed by atoms with Crippen LogP contribution in [0.2, 0.25) is 0 Å². The normalized spacial score (nSPS) is 26.1. The van der Waals surface area contributed by atoms with E-state index in [-0.39, 0.29) is 11.4 Å². The lowest BCUT2D eigenvalue weighted by Crippen LogP contribution is -2.28. The highest BCUT2D eigenvalue weighted by molar-refractivity contribution is 9.09. The van der Waals surface area contributed by atoms with Gasteiger partial charge in [-0.1, -0.05) is 13.0 Å². The molecule has 3 rings (SSSR count). The van der Waals surface area contributed by atoms with Gasteiger partial charge < -0.3 is 14.2 Å². The second kappa shape index (κ2) is 6.87. The van der Waals surface area contributed by atoms with Crippen LogP contribution in [0.15, 0.2) is 48.5 Å². The summed E-state index contributed by atoms with van der Waals surface area (Å²) in [5.41, 5.74) is -0.389. The third-order valence-corrected chi connectivity index (χ3v) is 5.13. The van der Waals surface area contributed by atoms with E-state index >= 15 is 0 Å². The molecule has 1 heterocycles. The molecule has 140 valence electrons. The fourth-order valence-electron chi connectivity index (χ4n) is 2.53. The maximum atomic E-state index is 12.8. The highest BCUT2D eigenvalue weighted by atomic mass is 79.9. The number of rotatable bonds is 4. The third-order valence-electron chi connectivity index (χ3n) is 4.28. The first-order valence-corrected chi connectivity index (χ1v) is 8.92. The minimum Gasteiger partial charge on any atom is -0.457 e. The van der Waals surface area contributed by atoms with E-state index in [1.807, 2.05) is 13.8 Å². The van der Waals surface area contributed by atoms with Crippen LogP contribution in [0.3, 0.4) is 0 Å². The molecule has 1 fully saturated rings. The van der Waals surface area contributed by atoms with E-state index in [9.17, 15) is 13.2 Å². The number of hydrogen-bond donors (Lipinski definition) is 0. The predicted octanol–water partition coefficient (Wildman–Crippen LogP) is 6.22. The SMILES string of the molecule is CCC1(C)COC(Br)(c2ccc(Oc3cccc(C(F)(F)F)c3)cc2)O1. The summed E-state index contributed by atoms with van der Waals surface area (Å²) >= 11 is 3.48. The number of benzene rings is 2. The van der Waals surface area contributed by atoms with Crippen molar-refractivity contribution in [3.8, 4) is 11.5 Å². The number of ether oxygens (including phenoxy) is 3. The van der Waals surface area contributed by atoms with Gasteiger partial charge in [0, 0.05) is 5.56 Å². The zero-order valence-electron chi connectivity index (χ0n) is 14.3. The molecule has 0 bridgehead atoms. The largest absolute Gasteiger partial charge is 0.457 e. The Hall–Kier alpha value is -1.57. The molecule has 26 heavy (non-hydrogen) atoms. The second-order valence-electron chi connectivity index (χ2n) is 6.38. The molecule has 1 aliphatic heterocycles. The van der Waals surface area contributed by atoms with E-state index < -0.39 is 16.4 Å². The molecular formula is C19H18BrF3O3. The van der Waals surface area contributed by atoms with Crippen molar-refractivity contribution in [1.82, 2.24) is 0 Å². The van der Waals surface area contributed by atoms with E-state index in [4.69, 9.17) is 14.2 Å². The molecule has 3 nitrogen and oxygen atoms in total. The molecule has 0 aliphatic carbocycles. The van der Waals surface area contributed by atoms with E-state index in [1.165, 1.54) is 12.1 Å². The van der Waals surface area contributed by atoms with Crippen LogP contribution in [0.1, 0.15) is 31.4 Å². The van der Waals surface area contributed by atoms with Crippen LogP contribution in [0.5, 0.6) is 11.5 Å². The van der Waals surface area contributed by atoms with E-state index in [0.717, 1.165) is 24.1 Å². The van der Waals surface area contributed by atoms with Gasteiger partial charge in [-0.25, -0.2) is 0 Å². The summed E-state index contributed by atoms with van der Waals surface area (Å²) in [6, 6.07) is 11.6. The summed E-state index contributed by atoms with van der Waals surface area (Å²) < 4.78 is 54.6. The monoisotopic (exact) mass is 430 g/mol. The Labute approximate surface area is 158 Å². The summed E-state index contributed by atoms with van der Waals surface area (Å²) in [7, 11) is 0. The van der Waals surface area contributed by atoms with Gasteiger partial charge in [0.25, 0.3) is 4.70 Å². The van der Waals surface area contributed by atoms with Gasteiger partial charge in [0.1, 0.15) is 11.5 Å². The molecule has 0 radical (unpaired) electrons. The third kappa shape index (κ3) is 4.05. The maximum absolute atomic E-state index is 12.8. The molecular weight excluding hydrogens is 413 g/mol. The molecule has 7 heteroatoms. The van der Waals surface area contributed by atoms with Crippen LogP contribution >= 0.6 is 15.9 Å². The van der Waals surface area contributed by atoms with Crippen LogP contribution in [-0.4, -0.2) is 12.2 Å². The topological polar surface area (TPSA) is 27.7 Å². The average molecular weight is 431 g/mol. The summed E-state index contributed by atoms with van der Waals surface area (Å²) in [6.45, 7) is 4.45. The average Bonchev–Trinajstić information content (AvgIpc) is 2.92. The van der Waals surface area contributed by atoms with E-state index in [1.54, 1.807) is 24.3 Å². The molecule has 2 unspecified atom stereocenters. The lowest BCUT2D eigenvalue weighted by Gasteiger charge is -2.25. The van der Waals surface area contributed by atoms with E-state index in [2.05, 4.69) is 15.9 Å². The molecule has 2 aromatic rings. The first-order chi connectivity index (χ1) is 12.1. The Bertz CT molecular complexity index is 778. The molecule has 2 aromatic carbocycles. The molecule has 2 atom stereocenters. The summed E-state index contributed by atoms with van der Waals surface area (Å²) in [6.07, 6.45) is -3.61. The first-order valence-electron chi connectivity index (χ1n) is 8.12. The fourth-order valence-corrected chi connectivity index (χ4v) is 3.30. The van der Waals surface area contributed by atoms with E-state index in [0.29, 0.717) is 12.4 Å². The molecule has 1 aliphatic rings. The number of halogens is 4. The number of hydrogen-bond acceptors (Lipinski definition) is 3. The molecule has 0 spiro atoms. The highest BCUT2D eigenvalue weighted by Gasteiger charge is 2.46. The Morgan fingerprint density at radius 2 is 1.81 bits per heavy atom. The van der Waals surface area contributed by atoms with Gasteiger partial charge in [0.15, 0.2) is 0 Å². The zero-order valence-corrected chi connectivity index (χ0v) is 15.9. The van der Waals surface area contributed by atoms with Crippen LogP contribution in [-0.2, 0) is 20.3 Å². The van der Waals surface area contributed by atoms with Crippen molar-refractivity contribution in [2.24, 2.45) is 0 Å². The minimum atomic E-state index is -4.41. The van der Waals surface area contributed by atoms with Crippen molar-refractivity contribution in [2.45, 2.75) is 36.7 Å². The fraction of sp³-hybridized carbons (Fsp3) is 0.368.